The Labute approximate surface area is 457 Å². The van der Waals surface area contributed by atoms with E-state index in [1.807, 2.05) is 28.8 Å². The SMILES string of the molecule is COc1ccc(-n2ccnc2[C@@H](CC(=O)Cn2nc(C(F)(F)F)c3c2CCCC3)Cc2cc(F)cc(F)c2)cc1.COc1ccc(-n2ccnc2[C@@H](N)Cc2cc(F)cc(F)c2)cc1.O=C(O)Cn1nc(C(F)(F)F)c2c1CCCC2. The van der Waals surface area contributed by atoms with Crippen molar-refractivity contribution in [1.29, 1.82) is 0 Å². The third-order valence-corrected chi connectivity index (χ3v) is 13.7. The summed E-state index contributed by atoms with van der Waals surface area (Å²) in [6, 6.07) is 20.7. The number of hydrogen-bond donors (Lipinski definition) is 2. The summed E-state index contributed by atoms with van der Waals surface area (Å²) in [6.07, 6.45) is 2.12. The Bertz CT molecular complexity index is 3420. The van der Waals surface area contributed by atoms with Crippen LogP contribution >= 0.6 is 0 Å². The van der Waals surface area contributed by atoms with Crippen molar-refractivity contribution < 1.29 is 68.1 Å². The number of alkyl halides is 6. The van der Waals surface area contributed by atoms with Gasteiger partial charge in [0.15, 0.2) is 17.2 Å². The number of Topliss-reactive ketones (excluding diaryl/α,β-unsaturated/α-hetero) is 1. The smallest absolute Gasteiger partial charge is 0.435 e. The largest absolute Gasteiger partial charge is 0.497 e. The lowest BCUT2D eigenvalue weighted by Crippen LogP contribution is -2.20. The molecule has 81 heavy (non-hydrogen) atoms. The molecular formula is C57H55F10N9O5. The lowest BCUT2D eigenvalue weighted by Gasteiger charge is -2.19. The van der Waals surface area contributed by atoms with Crippen LogP contribution in [-0.2, 0) is 73.6 Å². The fourth-order valence-corrected chi connectivity index (χ4v) is 10.2. The molecule has 0 saturated carbocycles. The number of rotatable bonds is 16. The maximum atomic E-state index is 14.0. The van der Waals surface area contributed by atoms with Crippen LogP contribution in [0.1, 0.15) is 101 Å². The average molecular weight is 1140 g/mol. The molecule has 8 aromatic rings. The number of carboxylic acids is 1. The lowest BCUT2D eigenvalue weighted by atomic mass is 9.92. The minimum Gasteiger partial charge on any atom is -0.497 e. The minimum atomic E-state index is -4.61. The van der Waals surface area contributed by atoms with E-state index >= 15 is 0 Å². The first-order chi connectivity index (χ1) is 38.6. The topological polar surface area (TPSA) is 170 Å². The molecule has 0 bridgehead atoms. The van der Waals surface area contributed by atoms with Gasteiger partial charge in [0.1, 0.15) is 53.0 Å². The third kappa shape index (κ3) is 14.8. The molecule has 0 aliphatic heterocycles. The Kier molecular flexibility index (Phi) is 18.5. The van der Waals surface area contributed by atoms with E-state index in [1.54, 1.807) is 67.8 Å². The second kappa shape index (κ2) is 25.4. The predicted molar refractivity (Wildman–Crippen MR) is 275 cm³/mol. The molecule has 428 valence electrons. The quantitative estimate of drug-likeness (QED) is 0.0888. The van der Waals surface area contributed by atoms with Crippen molar-refractivity contribution in [3.63, 3.8) is 0 Å². The van der Waals surface area contributed by atoms with Crippen LogP contribution in [0.25, 0.3) is 11.4 Å². The van der Waals surface area contributed by atoms with E-state index in [0.29, 0.717) is 72.0 Å². The Morgan fingerprint density at radius 3 is 1.43 bits per heavy atom. The molecule has 0 saturated heterocycles. The second-order valence-corrected chi connectivity index (χ2v) is 19.4. The van der Waals surface area contributed by atoms with E-state index in [1.165, 1.54) is 28.9 Å². The fraction of sp³-hybridized carbons (Fsp3) is 0.333. The predicted octanol–water partition coefficient (Wildman–Crippen LogP) is 11.5. The normalized spacial score (nSPS) is 13.9. The van der Waals surface area contributed by atoms with Gasteiger partial charge in [-0.1, -0.05) is 0 Å². The molecule has 0 amide bonds. The summed E-state index contributed by atoms with van der Waals surface area (Å²) in [6.45, 7) is -0.853. The number of hydrogen-bond acceptors (Lipinski definition) is 9. The van der Waals surface area contributed by atoms with Gasteiger partial charge in [0.25, 0.3) is 0 Å². The van der Waals surface area contributed by atoms with E-state index in [2.05, 4.69) is 20.2 Å². The number of carbonyl (C=O) groups excluding carboxylic acids is 1. The zero-order chi connectivity index (χ0) is 58.2. The average Bonchev–Trinajstić information content (AvgIpc) is 4.28. The number of halogens is 10. The van der Waals surface area contributed by atoms with Crippen LogP contribution in [-0.4, -0.2) is 69.7 Å². The van der Waals surface area contributed by atoms with Gasteiger partial charge in [-0.2, -0.15) is 36.5 Å². The molecule has 3 N–H and O–H groups in total. The molecule has 24 heteroatoms. The Hall–Kier alpha value is -8.28. The summed E-state index contributed by atoms with van der Waals surface area (Å²) in [5.41, 5.74) is 7.98. The van der Waals surface area contributed by atoms with Crippen molar-refractivity contribution in [2.75, 3.05) is 14.2 Å². The van der Waals surface area contributed by atoms with Crippen LogP contribution in [0.5, 0.6) is 11.5 Å². The maximum Gasteiger partial charge on any atom is 0.435 e. The number of nitrogens with zero attached hydrogens (tertiary/aromatic N) is 8. The second-order valence-electron chi connectivity index (χ2n) is 19.4. The number of aliphatic carboxylic acids is 1. The Morgan fingerprint density at radius 2 is 1.00 bits per heavy atom. The summed E-state index contributed by atoms with van der Waals surface area (Å²) >= 11 is 0. The Morgan fingerprint density at radius 1 is 0.593 bits per heavy atom. The van der Waals surface area contributed by atoms with Gasteiger partial charge in [-0.25, -0.2) is 27.5 Å². The van der Waals surface area contributed by atoms with Gasteiger partial charge in [-0.05, 0) is 148 Å². The molecular weight excluding hydrogens is 1080 g/mol. The first-order valence-corrected chi connectivity index (χ1v) is 25.6. The number of methoxy groups -OCH3 is 2. The third-order valence-electron chi connectivity index (χ3n) is 13.7. The Balaban J connectivity index is 0.000000177. The van der Waals surface area contributed by atoms with Crippen LogP contribution in [0.15, 0.2) is 110 Å². The van der Waals surface area contributed by atoms with Crippen molar-refractivity contribution >= 4 is 11.8 Å². The molecule has 0 fully saturated rings. The van der Waals surface area contributed by atoms with Gasteiger partial charge < -0.3 is 29.4 Å². The van der Waals surface area contributed by atoms with Crippen LogP contribution < -0.4 is 15.2 Å². The van der Waals surface area contributed by atoms with E-state index in [9.17, 15) is 53.5 Å². The molecule has 2 aliphatic carbocycles. The zero-order valence-electron chi connectivity index (χ0n) is 43.8. The number of benzene rings is 4. The number of aromatic nitrogens is 8. The number of carbonyl (C=O) groups is 2. The number of fused-ring (bicyclic) bond motifs is 2. The van der Waals surface area contributed by atoms with Gasteiger partial charge in [0.05, 0.1) is 26.8 Å². The van der Waals surface area contributed by atoms with Crippen LogP contribution in [0.2, 0.25) is 0 Å². The molecule has 0 radical (unpaired) electrons. The van der Waals surface area contributed by atoms with Gasteiger partial charge in [-0.3, -0.25) is 19.0 Å². The number of ketones is 1. The van der Waals surface area contributed by atoms with E-state index < -0.39 is 71.5 Å². The highest BCUT2D eigenvalue weighted by atomic mass is 19.4. The molecule has 4 aromatic heterocycles. The van der Waals surface area contributed by atoms with Crippen LogP contribution in [0, 0.1) is 23.3 Å². The van der Waals surface area contributed by atoms with Gasteiger partial charge >= 0.3 is 18.3 Å². The monoisotopic (exact) mass is 1140 g/mol. The first kappa shape index (κ1) is 58.9. The number of carboxylic acid groups (broad SMARTS) is 1. The molecule has 0 spiro atoms. The summed E-state index contributed by atoms with van der Waals surface area (Å²) in [5.74, 6) is -2.42. The van der Waals surface area contributed by atoms with Crippen molar-refractivity contribution in [2.24, 2.45) is 5.73 Å². The van der Waals surface area contributed by atoms with E-state index in [-0.39, 0.29) is 49.1 Å². The highest BCUT2D eigenvalue weighted by Gasteiger charge is 2.41. The number of imidazole rings is 2. The molecule has 0 unspecified atom stereocenters. The van der Waals surface area contributed by atoms with Crippen molar-refractivity contribution in [3.8, 4) is 22.9 Å². The maximum absolute atomic E-state index is 14.0. The van der Waals surface area contributed by atoms with Crippen molar-refractivity contribution in [1.82, 2.24) is 38.7 Å². The minimum absolute atomic E-state index is 0.0819. The summed E-state index contributed by atoms with van der Waals surface area (Å²) in [7, 11) is 3.15. The van der Waals surface area contributed by atoms with E-state index in [4.69, 9.17) is 20.3 Å². The molecule has 10 rings (SSSR count). The number of nitrogens with two attached hydrogens (primary N) is 1. The zero-order valence-corrected chi connectivity index (χ0v) is 43.8. The summed E-state index contributed by atoms with van der Waals surface area (Å²) in [5, 5.41) is 15.9. The first-order valence-electron chi connectivity index (χ1n) is 25.6. The molecule has 4 heterocycles. The van der Waals surface area contributed by atoms with Gasteiger partial charge in [0.2, 0.25) is 0 Å². The van der Waals surface area contributed by atoms with Gasteiger partial charge in [0, 0.05) is 83.1 Å². The molecule has 2 atom stereocenters. The summed E-state index contributed by atoms with van der Waals surface area (Å²) < 4.78 is 150. The van der Waals surface area contributed by atoms with Crippen molar-refractivity contribution in [3.05, 3.63) is 190 Å². The fourth-order valence-electron chi connectivity index (χ4n) is 10.2. The number of ether oxygens (including phenoxy) is 2. The van der Waals surface area contributed by atoms with Crippen molar-refractivity contribution in [2.45, 2.75) is 108 Å². The standard InChI is InChI=1S/C29H27F5N4O2.C18H17F2N3O.C10H11F3N2O2/c1-40-24-8-6-22(7-9-24)37-11-10-35-28(37)19(12-18-13-20(30)16-21(31)14-18)15-23(39)17-38-26-5-3-2-4-25(26)27(36-38)29(32,33)34;1-24-16-4-2-15(3-5-16)23-7-6-22-18(23)17(21)10-12-8-13(19)11-14(20)9-12;11-10(12,13)9-6-3-1-2-4-7(6)15(14-9)5-8(16)17/h6-11,13-14,16,19H,2-5,12,15,17H2,1H3;2-9,11,17H,10,21H2,1H3;1-5H2,(H,16,17)/t19-;17-;/m10./s1. The highest BCUT2D eigenvalue weighted by molar-refractivity contribution is 5.79. The van der Waals surface area contributed by atoms with Crippen LogP contribution in [0.3, 0.4) is 0 Å². The van der Waals surface area contributed by atoms with E-state index in [0.717, 1.165) is 46.8 Å². The summed E-state index contributed by atoms with van der Waals surface area (Å²) in [4.78, 5) is 32.7. The van der Waals surface area contributed by atoms with Gasteiger partial charge in [-0.15, -0.1) is 0 Å². The lowest BCUT2D eigenvalue weighted by molar-refractivity contribution is -0.143. The van der Waals surface area contributed by atoms with Crippen LogP contribution in [0.4, 0.5) is 43.9 Å². The molecule has 14 nitrogen and oxygen atoms in total. The molecule has 2 aliphatic rings. The highest BCUT2D eigenvalue weighted by Crippen LogP contribution is 2.38. The molecule has 4 aromatic carbocycles.